The third kappa shape index (κ3) is 3.25. The van der Waals surface area contributed by atoms with Crippen molar-refractivity contribution >= 4 is 0 Å². The molecule has 0 atom stereocenters. The van der Waals surface area contributed by atoms with Gasteiger partial charge in [0.15, 0.2) is 17.9 Å². The van der Waals surface area contributed by atoms with E-state index in [0.29, 0.717) is 18.8 Å². The number of benzene rings is 1. The second-order valence-electron chi connectivity index (χ2n) is 2.92. The first kappa shape index (κ1) is 12.1. The first-order chi connectivity index (χ1) is 7.19. The molecule has 0 N–H and O–H groups in total. The normalized spacial score (nSPS) is 11.0. The molecule has 0 saturated carbocycles. The summed E-state index contributed by atoms with van der Waals surface area (Å²) in [6.07, 6.45) is -0.630. The third-order valence-electron chi connectivity index (χ3n) is 1.85. The van der Waals surface area contributed by atoms with Crippen LogP contribution in [0.1, 0.15) is 25.7 Å². The van der Waals surface area contributed by atoms with E-state index in [-0.39, 0.29) is 0 Å². The van der Waals surface area contributed by atoms with E-state index in [0.717, 1.165) is 12.1 Å². The zero-order valence-electron chi connectivity index (χ0n) is 8.80. The summed E-state index contributed by atoms with van der Waals surface area (Å²) in [5, 5.41) is 0. The molecule has 0 aliphatic rings. The van der Waals surface area contributed by atoms with Gasteiger partial charge in [-0.1, -0.05) is 6.07 Å². The van der Waals surface area contributed by atoms with Crippen LogP contribution < -0.4 is 0 Å². The van der Waals surface area contributed by atoms with Crippen LogP contribution >= 0.6 is 0 Å². The minimum absolute atomic E-state index is 0.448. The van der Waals surface area contributed by atoms with Crippen molar-refractivity contribution < 1.29 is 18.3 Å². The first-order valence-electron chi connectivity index (χ1n) is 4.87. The maximum Gasteiger partial charge on any atom is 0.183 e. The molecular weight excluding hydrogens is 202 g/mol. The van der Waals surface area contributed by atoms with E-state index in [4.69, 9.17) is 9.47 Å². The average Bonchev–Trinajstić information content (AvgIpc) is 2.22. The lowest BCUT2D eigenvalue weighted by atomic mass is 10.2. The predicted octanol–water partition coefficient (Wildman–Crippen LogP) is 3.04. The van der Waals surface area contributed by atoms with Crippen molar-refractivity contribution in [2.75, 3.05) is 13.2 Å². The molecule has 0 amide bonds. The van der Waals surface area contributed by atoms with Crippen LogP contribution in [0, 0.1) is 11.6 Å². The van der Waals surface area contributed by atoms with Gasteiger partial charge in [0.25, 0.3) is 0 Å². The van der Waals surface area contributed by atoms with Crippen molar-refractivity contribution in [3.8, 4) is 0 Å². The van der Waals surface area contributed by atoms with Crippen LogP contribution in [0.4, 0.5) is 8.78 Å². The molecule has 15 heavy (non-hydrogen) atoms. The fourth-order valence-electron chi connectivity index (χ4n) is 1.20. The maximum atomic E-state index is 12.9. The van der Waals surface area contributed by atoms with E-state index in [1.807, 2.05) is 13.8 Å². The maximum absolute atomic E-state index is 12.9. The Bertz CT molecular complexity index is 309. The minimum atomic E-state index is -0.892. The van der Waals surface area contributed by atoms with E-state index >= 15 is 0 Å². The summed E-state index contributed by atoms with van der Waals surface area (Å²) < 4.78 is 36.1. The van der Waals surface area contributed by atoms with Gasteiger partial charge in [0.05, 0.1) is 0 Å². The van der Waals surface area contributed by atoms with Gasteiger partial charge >= 0.3 is 0 Å². The summed E-state index contributed by atoms with van der Waals surface area (Å²) in [4.78, 5) is 0. The molecule has 0 saturated heterocycles. The average molecular weight is 216 g/mol. The highest BCUT2D eigenvalue weighted by molar-refractivity contribution is 5.18. The van der Waals surface area contributed by atoms with Crippen molar-refractivity contribution in [1.82, 2.24) is 0 Å². The van der Waals surface area contributed by atoms with Crippen molar-refractivity contribution in [1.29, 1.82) is 0 Å². The van der Waals surface area contributed by atoms with Gasteiger partial charge in [-0.15, -0.1) is 0 Å². The molecule has 1 aromatic carbocycles. The topological polar surface area (TPSA) is 18.5 Å². The zero-order valence-corrected chi connectivity index (χ0v) is 8.80. The molecule has 1 rings (SSSR count). The van der Waals surface area contributed by atoms with Crippen molar-refractivity contribution in [2.24, 2.45) is 0 Å². The first-order valence-corrected chi connectivity index (χ1v) is 4.87. The molecule has 1 aromatic rings. The second-order valence-corrected chi connectivity index (χ2v) is 2.92. The summed E-state index contributed by atoms with van der Waals surface area (Å²) in [6.45, 7) is 4.52. The van der Waals surface area contributed by atoms with E-state index in [2.05, 4.69) is 0 Å². The minimum Gasteiger partial charge on any atom is -0.349 e. The number of hydrogen-bond acceptors (Lipinski definition) is 2. The molecule has 0 aliphatic carbocycles. The van der Waals surface area contributed by atoms with Crippen molar-refractivity contribution in [3.05, 3.63) is 35.4 Å². The third-order valence-corrected chi connectivity index (χ3v) is 1.85. The molecule has 4 heteroatoms. The molecule has 0 fully saturated rings. The largest absolute Gasteiger partial charge is 0.349 e. The molecule has 0 unspecified atom stereocenters. The van der Waals surface area contributed by atoms with Crippen LogP contribution in [-0.2, 0) is 9.47 Å². The molecular formula is C11H14F2O2. The van der Waals surface area contributed by atoms with Crippen molar-refractivity contribution in [2.45, 2.75) is 20.1 Å². The Hall–Kier alpha value is -1.00. The van der Waals surface area contributed by atoms with Gasteiger partial charge in [-0.25, -0.2) is 8.78 Å². The molecule has 0 spiro atoms. The van der Waals surface area contributed by atoms with Crippen LogP contribution in [0.2, 0.25) is 0 Å². The lowest BCUT2D eigenvalue weighted by Crippen LogP contribution is -2.09. The quantitative estimate of drug-likeness (QED) is 0.704. The van der Waals surface area contributed by atoms with Gasteiger partial charge in [0, 0.05) is 18.8 Å². The molecule has 0 heterocycles. The monoisotopic (exact) mass is 216 g/mol. The summed E-state index contributed by atoms with van der Waals surface area (Å²) >= 11 is 0. The highest BCUT2D eigenvalue weighted by Gasteiger charge is 2.13. The molecule has 0 bridgehead atoms. The Morgan fingerprint density at radius 1 is 1.07 bits per heavy atom. The van der Waals surface area contributed by atoms with Gasteiger partial charge in [-0.2, -0.15) is 0 Å². The van der Waals surface area contributed by atoms with Gasteiger partial charge in [0.1, 0.15) is 0 Å². The van der Waals surface area contributed by atoms with Gasteiger partial charge in [0.2, 0.25) is 0 Å². The number of rotatable bonds is 5. The molecule has 2 nitrogen and oxygen atoms in total. The van der Waals surface area contributed by atoms with Gasteiger partial charge < -0.3 is 9.47 Å². The summed E-state index contributed by atoms with van der Waals surface area (Å²) in [5.41, 5.74) is 0.484. The molecule has 0 aromatic heterocycles. The number of ether oxygens (including phenoxy) is 2. The highest BCUT2D eigenvalue weighted by Crippen LogP contribution is 2.20. The van der Waals surface area contributed by atoms with Crippen LogP contribution in [0.5, 0.6) is 0 Å². The lowest BCUT2D eigenvalue weighted by molar-refractivity contribution is -0.140. The standard InChI is InChI=1S/C11H14F2O2/c1-3-14-11(15-4-2)8-5-6-9(12)10(13)7-8/h5-7,11H,3-4H2,1-2H3. The van der Waals surface area contributed by atoms with E-state index in [1.54, 1.807) is 0 Å². The van der Waals surface area contributed by atoms with E-state index in [1.165, 1.54) is 6.07 Å². The number of halogens is 2. The van der Waals surface area contributed by atoms with Crippen molar-refractivity contribution in [3.63, 3.8) is 0 Å². The van der Waals surface area contributed by atoms with Crippen LogP contribution in [-0.4, -0.2) is 13.2 Å². The highest BCUT2D eigenvalue weighted by atomic mass is 19.2. The van der Waals surface area contributed by atoms with Gasteiger partial charge in [-0.3, -0.25) is 0 Å². The van der Waals surface area contributed by atoms with Crippen LogP contribution in [0.3, 0.4) is 0 Å². The summed E-state index contributed by atoms with van der Waals surface area (Å²) in [7, 11) is 0. The van der Waals surface area contributed by atoms with E-state index in [9.17, 15) is 8.78 Å². The van der Waals surface area contributed by atoms with Crippen LogP contribution in [0.15, 0.2) is 18.2 Å². The lowest BCUT2D eigenvalue weighted by Gasteiger charge is -2.17. The number of hydrogen-bond donors (Lipinski definition) is 0. The SMILES string of the molecule is CCOC(OCC)c1ccc(F)c(F)c1. The van der Waals surface area contributed by atoms with Gasteiger partial charge in [-0.05, 0) is 26.0 Å². The fourth-order valence-corrected chi connectivity index (χ4v) is 1.20. The fraction of sp³-hybridized carbons (Fsp3) is 0.455. The summed E-state index contributed by atoms with van der Waals surface area (Å²) in [6, 6.07) is 3.61. The Balaban J connectivity index is 2.85. The van der Waals surface area contributed by atoms with E-state index < -0.39 is 17.9 Å². The van der Waals surface area contributed by atoms with Crippen LogP contribution in [0.25, 0.3) is 0 Å². The molecule has 0 aliphatic heterocycles. The Morgan fingerprint density at radius 2 is 1.67 bits per heavy atom. The zero-order chi connectivity index (χ0) is 11.3. The summed E-state index contributed by atoms with van der Waals surface area (Å²) in [5.74, 6) is -1.76. The smallest absolute Gasteiger partial charge is 0.183 e. The molecule has 0 radical (unpaired) electrons. The Labute approximate surface area is 87.8 Å². The Kier molecular flexibility index (Phi) is 4.65. The second kappa shape index (κ2) is 5.78. The predicted molar refractivity (Wildman–Crippen MR) is 52.4 cm³/mol. The molecule has 84 valence electrons. The Morgan fingerprint density at radius 3 is 2.13 bits per heavy atom.